The molecule has 15 heteroatoms. The molecule has 0 aromatic heterocycles. The minimum Gasteiger partial charge on any atom is -0.478 e. The lowest BCUT2D eigenvalue weighted by Gasteiger charge is -2.30. The van der Waals surface area contributed by atoms with E-state index in [9.17, 15) is 19.2 Å². The minimum absolute atomic E-state index is 0.232. The number of morpholine rings is 2. The van der Waals surface area contributed by atoms with Gasteiger partial charge in [-0.1, -0.05) is 30.2 Å². The van der Waals surface area contributed by atoms with Gasteiger partial charge in [-0.25, -0.2) is 9.59 Å². The zero-order valence-electron chi connectivity index (χ0n) is 31.6. The summed E-state index contributed by atoms with van der Waals surface area (Å²) in [6, 6.07) is 0. The quantitative estimate of drug-likeness (QED) is 0.236. The molecule has 300 valence electrons. The van der Waals surface area contributed by atoms with Crippen LogP contribution < -0.4 is 0 Å². The highest BCUT2D eigenvalue weighted by molar-refractivity contribution is 5.94. The molecule has 0 unspecified atom stereocenters. The molecule has 0 aromatic carbocycles. The third-order valence-corrected chi connectivity index (χ3v) is 8.97. The minimum atomic E-state index is -0.927. The summed E-state index contributed by atoms with van der Waals surface area (Å²) in [5, 5.41) is 17.4. The largest absolute Gasteiger partial charge is 0.478 e. The first-order valence-electron chi connectivity index (χ1n) is 18.6. The van der Waals surface area contributed by atoms with Crippen LogP contribution in [0.4, 0.5) is 0 Å². The predicted molar refractivity (Wildman–Crippen MR) is 197 cm³/mol. The number of allylic oxidation sites excluding steroid dienone is 4. The van der Waals surface area contributed by atoms with E-state index < -0.39 is 35.7 Å². The summed E-state index contributed by atoms with van der Waals surface area (Å²) in [7, 11) is 0. The van der Waals surface area contributed by atoms with E-state index in [2.05, 4.69) is 29.8 Å². The van der Waals surface area contributed by atoms with Gasteiger partial charge in [-0.05, 0) is 55.6 Å². The van der Waals surface area contributed by atoms with Crippen LogP contribution in [-0.2, 0) is 52.3 Å². The topological polar surface area (TPSA) is 180 Å². The fourth-order valence-electron chi connectivity index (χ4n) is 6.26. The van der Waals surface area contributed by atoms with Gasteiger partial charge in [0.2, 0.25) is 0 Å². The number of amides is 2. The molecular formula is C40H52N2O13. The first-order chi connectivity index (χ1) is 26.5. The standard InChI is InChI=1S/C20H25NO6.C11H14O4.C9H13NO3/c1-16(4-6-18(22)21-9-11-24-12-10-21)27-19(23)7-5-17-3-2-8-20(15-17)25-13-14-26-20;12-10(13)4-3-9-2-1-5-11(8-9)14-6-7-15-11;1-8(11)2-3-9(12)10-4-6-13-7-5-10/h3,5,7,16H,2,8-15H2,1H3;2-4H,1,5-8H2,(H,12,13);8,11H,4-7H2,1H3/b7-5+;4-3+;/t16-;;8-/m1.1/s1. The van der Waals surface area contributed by atoms with Gasteiger partial charge in [-0.2, -0.15) is 0 Å². The molecule has 2 atom stereocenters. The van der Waals surface area contributed by atoms with Crippen LogP contribution in [0.2, 0.25) is 0 Å². The number of ether oxygens (including phenoxy) is 7. The van der Waals surface area contributed by atoms with Crippen LogP contribution in [0.25, 0.3) is 0 Å². The lowest BCUT2D eigenvalue weighted by atomic mass is 9.93. The average molecular weight is 769 g/mol. The molecule has 15 nitrogen and oxygen atoms in total. The Morgan fingerprint density at radius 1 is 0.709 bits per heavy atom. The lowest BCUT2D eigenvalue weighted by molar-refractivity contribution is -0.162. The fourth-order valence-corrected chi connectivity index (χ4v) is 6.26. The van der Waals surface area contributed by atoms with Gasteiger partial charge in [0.25, 0.3) is 11.8 Å². The van der Waals surface area contributed by atoms with Gasteiger partial charge in [0.1, 0.15) is 6.10 Å². The molecule has 0 aromatic rings. The molecule has 0 bridgehead atoms. The fraction of sp³-hybridized carbons (Fsp3) is 0.600. The zero-order valence-corrected chi connectivity index (χ0v) is 31.6. The number of rotatable bonds is 5. The molecule has 6 aliphatic rings. The van der Waals surface area contributed by atoms with E-state index in [0.29, 0.717) is 91.9 Å². The van der Waals surface area contributed by atoms with Crippen molar-refractivity contribution in [1.82, 2.24) is 9.80 Å². The van der Waals surface area contributed by atoms with Crippen LogP contribution in [0, 0.1) is 23.7 Å². The number of hydrogen-bond donors (Lipinski definition) is 2. The van der Waals surface area contributed by atoms with Gasteiger partial charge >= 0.3 is 11.9 Å². The number of carbonyl (C=O) groups is 4. The summed E-state index contributed by atoms with van der Waals surface area (Å²) >= 11 is 0. The Hall–Kier alpha value is -4.32. The Labute approximate surface area is 322 Å². The van der Waals surface area contributed by atoms with Crippen LogP contribution in [0.3, 0.4) is 0 Å². The van der Waals surface area contributed by atoms with Crippen molar-refractivity contribution >= 4 is 23.8 Å². The third kappa shape index (κ3) is 15.4. The number of aliphatic hydroxyl groups is 1. The molecule has 4 aliphatic heterocycles. The van der Waals surface area contributed by atoms with Gasteiger partial charge in [-0.3, -0.25) is 9.59 Å². The second kappa shape index (κ2) is 22.3. The molecule has 6 rings (SSSR count). The number of aliphatic carboxylic acids is 1. The molecule has 4 saturated heterocycles. The second-order valence-corrected chi connectivity index (χ2v) is 13.3. The molecular weight excluding hydrogens is 716 g/mol. The molecule has 2 aliphatic carbocycles. The zero-order chi connectivity index (χ0) is 39.5. The van der Waals surface area contributed by atoms with E-state index in [0.717, 1.165) is 42.9 Å². The Kier molecular flexibility index (Phi) is 17.6. The van der Waals surface area contributed by atoms with E-state index >= 15 is 0 Å². The average Bonchev–Trinajstić information content (AvgIpc) is 3.84. The van der Waals surface area contributed by atoms with Crippen LogP contribution in [0.5, 0.6) is 0 Å². The van der Waals surface area contributed by atoms with Crippen LogP contribution >= 0.6 is 0 Å². The van der Waals surface area contributed by atoms with E-state index in [-0.39, 0.29) is 11.8 Å². The van der Waals surface area contributed by atoms with Crippen molar-refractivity contribution in [3.8, 4) is 23.7 Å². The van der Waals surface area contributed by atoms with Crippen molar-refractivity contribution in [3.05, 3.63) is 47.6 Å². The highest BCUT2D eigenvalue weighted by Gasteiger charge is 2.39. The molecule has 2 spiro atoms. The van der Waals surface area contributed by atoms with Crippen molar-refractivity contribution < 1.29 is 62.5 Å². The Balaban J connectivity index is 0.000000202. The summed E-state index contributed by atoms with van der Waals surface area (Å²) in [6.07, 6.45) is 13.3. The maximum atomic E-state index is 12.0. The van der Waals surface area contributed by atoms with Gasteiger partial charge in [0.05, 0.1) is 52.9 Å². The van der Waals surface area contributed by atoms with Crippen molar-refractivity contribution in [3.63, 3.8) is 0 Å². The van der Waals surface area contributed by atoms with Crippen LogP contribution in [0.1, 0.15) is 52.4 Å². The van der Waals surface area contributed by atoms with E-state index in [1.165, 1.54) is 13.0 Å². The smallest absolute Gasteiger partial charge is 0.331 e. The normalized spacial score (nSPS) is 22.4. The monoisotopic (exact) mass is 768 g/mol. The third-order valence-electron chi connectivity index (χ3n) is 8.97. The van der Waals surface area contributed by atoms with Crippen LogP contribution in [-0.4, -0.2) is 147 Å². The van der Waals surface area contributed by atoms with Crippen molar-refractivity contribution in [2.24, 2.45) is 0 Å². The van der Waals surface area contributed by atoms with Crippen molar-refractivity contribution in [2.75, 3.05) is 79.0 Å². The highest BCUT2D eigenvalue weighted by atomic mass is 16.7. The number of esters is 1. The molecule has 0 radical (unpaired) electrons. The van der Waals surface area contributed by atoms with Gasteiger partial charge < -0.3 is 53.2 Å². The first kappa shape index (κ1) is 43.4. The summed E-state index contributed by atoms with van der Waals surface area (Å²) in [4.78, 5) is 48.9. The SMILES string of the molecule is C[C@@H](O)C#CC(=O)N1CCOCC1.C[C@H](C#CC(=O)N1CCOCC1)OC(=O)/C=C/C1=CCCC2(C1)OCCO2.O=C(O)/C=C/C1=CCCC2(C1)OCCO2. The van der Waals surface area contributed by atoms with Gasteiger partial charge in [0.15, 0.2) is 17.7 Å². The summed E-state index contributed by atoms with van der Waals surface area (Å²) in [6.45, 7) is 10.1. The number of carboxylic acids is 1. The first-order valence-corrected chi connectivity index (χ1v) is 18.6. The second-order valence-electron chi connectivity index (χ2n) is 13.3. The molecule has 2 N–H and O–H groups in total. The number of hydrogen-bond acceptors (Lipinski definition) is 12. The van der Waals surface area contributed by atoms with E-state index in [1.807, 2.05) is 6.08 Å². The lowest BCUT2D eigenvalue weighted by Crippen LogP contribution is -2.40. The molecule has 55 heavy (non-hydrogen) atoms. The van der Waals surface area contributed by atoms with Crippen molar-refractivity contribution in [2.45, 2.75) is 76.2 Å². The highest BCUT2D eigenvalue weighted by Crippen LogP contribution is 2.37. The Bertz CT molecular complexity index is 1570. The molecule has 4 heterocycles. The van der Waals surface area contributed by atoms with Gasteiger partial charge in [-0.15, -0.1) is 0 Å². The van der Waals surface area contributed by atoms with E-state index in [1.54, 1.807) is 28.9 Å². The molecule has 4 fully saturated rings. The molecule has 2 amide bonds. The summed E-state index contributed by atoms with van der Waals surface area (Å²) in [5.74, 6) is 7.07. The Morgan fingerprint density at radius 2 is 1.15 bits per heavy atom. The number of nitrogens with zero attached hydrogens (tertiary/aromatic N) is 2. The van der Waals surface area contributed by atoms with Gasteiger partial charge in [0, 0.05) is 64.0 Å². The Morgan fingerprint density at radius 3 is 1.58 bits per heavy atom. The summed E-state index contributed by atoms with van der Waals surface area (Å²) < 4.78 is 38.1. The van der Waals surface area contributed by atoms with Crippen molar-refractivity contribution in [1.29, 1.82) is 0 Å². The number of carbonyl (C=O) groups excluding carboxylic acids is 3. The maximum Gasteiger partial charge on any atom is 0.331 e. The predicted octanol–water partition coefficient (Wildman–Crippen LogP) is 1.90. The van der Waals surface area contributed by atoms with E-state index in [4.69, 9.17) is 43.4 Å². The maximum absolute atomic E-state index is 12.0. The number of carboxylic acid groups (broad SMARTS) is 1. The molecule has 0 saturated carbocycles. The van der Waals surface area contributed by atoms with Crippen LogP contribution in [0.15, 0.2) is 47.6 Å². The number of aliphatic hydroxyl groups excluding tert-OH is 1. The summed E-state index contributed by atoms with van der Waals surface area (Å²) in [5.41, 5.74) is 1.96.